The molecule has 0 saturated carbocycles. The van der Waals surface area contributed by atoms with Crippen LogP contribution in [-0.2, 0) is 14.9 Å². The van der Waals surface area contributed by atoms with Crippen LogP contribution in [0.2, 0.25) is 0 Å². The fourth-order valence-corrected chi connectivity index (χ4v) is 6.22. The molecule has 1 N–H and O–H groups in total. The first kappa shape index (κ1) is 26.6. The van der Waals surface area contributed by atoms with Gasteiger partial charge in [0, 0.05) is 28.8 Å². The van der Waals surface area contributed by atoms with Crippen LogP contribution in [0.5, 0.6) is 0 Å². The minimum absolute atomic E-state index is 0.200. The summed E-state index contributed by atoms with van der Waals surface area (Å²) >= 11 is 8.22. The number of nitrogens with zero attached hydrogens (tertiary/aromatic N) is 3. The van der Waals surface area contributed by atoms with Gasteiger partial charge in [-0.2, -0.15) is 13.5 Å². The molecule has 0 unspecified atom stereocenters. The van der Waals surface area contributed by atoms with Crippen molar-refractivity contribution in [2.24, 2.45) is 0 Å². The molecular weight excluding hydrogens is 535 g/mol. The van der Waals surface area contributed by atoms with E-state index in [9.17, 15) is 13.2 Å². The lowest BCUT2D eigenvalue weighted by molar-refractivity contribution is -0.121. The zero-order chi connectivity index (χ0) is 25.7. The van der Waals surface area contributed by atoms with Gasteiger partial charge in [-0.3, -0.25) is 14.2 Å². The molecule has 0 aliphatic carbocycles. The molecule has 1 fully saturated rings. The van der Waals surface area contributed by atoms with Crippen molar-refractivity contribution in [3.05, 3.63) is 71.3 Å². The Kier molecular flexibility index (Phi) is 8.68. The first-order valence-corrected chi connectivity index (χ1v) is 15.2. The summed E-state index contributed by atoms with van der Waals surface area (Å²) in [5.74, 6) is 0.102. The summed E-state index contributed by atoms with van der Waals surface area (Å²) in [4.78, 5) is 15.7. The number of unbranched alkanes of at least 4 members (excludes halogenated alkanes) is 1. The first-order chi connectivity index (χ1) is 17.2. The highest BCUT2D eigenvalue weighted by Gasteiger charge is 2.33. The average molecular weight is 560 g/mol. The summed E-state index contributed by atoms with van der Waals surface area (Å²) < 4.78 is 33.4. The number of carbonyl (C=O) groups excluding carboxylic acids is 1. The molecule has 2 aromatic carbocycles. The van der Waals surface area contributed by atoms with E-state index >= 15 is 0 Å². The molecule has 1 saturated heterocycles. The van der Waals surface area contributed by atoms with Gasteiger partial charge in [-0.15, -0.1) is 11.8 Å². The van der Waals surface area contributed by atoms with Crippen LogP contribution in [0.1, 0.15) is 25.3 Å². The SMILES string of the molecule is CCCCSc1ccc(-c2nn(-c3ccccc3)cc2/C=C2\SC(=S)N(CCS(=O)(=O)O)C2=O)cc1. The van der Waals surface area contributed by atoms with Crippen LogP contribution in [0.4, 0.5) is 0 Å². The van der Waals surface area contributed by atoms with E-state index in [2.05, 4.69) is 19.1 Å². The molecule has 0 spiro atoms. The second-order valence-electron chi connectivity index (χ2n) is 8.06. The van der Waals surface area contributed by atoms with Crippen LogP contribution in [0.15, 0.2) is 70.6 Å². The smallest absolute Gasteiger partial charge is 0.266 e. The van der Waals surface area contributed by atoms with Crippen LogP contribution >= 0.6 is 35.7 Å². The zero-order valence-electron chi connectivity index (χ0n) is 19.5. The van der Waals surface area contributed by atoms with Gasteiger partial charge in [-0.1, -0.05) is 67.7 Å². The molecule has 0 bridgehead atoms. The quantitative estimate of drug-likeness (QED) is 0.114. The van der Waals surface area contributed by atoms with Gasteiger partial charge >= 0.3 is 0 Å². The highest BCUT2D eigenvalue weighted by Crippen LogP contribution is 2.35. The number of rotatable bonds is 10. The lowest BCUT2D eigenvalue weighted by Gasteiger charge is -2.12. The third-order valence-electron chi connectivity index (χ3n) is 5.39. The lowest BCUT2D eigenvalue weighted by Crippen LogP contribution is -2.32. The Hall–Kier alpha value is -2.44. The topological polar surface area (TPSA) is 92.5 Å². The predicted octanol–water partition coefficient (Wildman–Crippen LogP) is 5.52. The van der Waals surface area contributed by atoms with Gasteiger partial charge in [-0.05, 0) is 42.5 Å². The second-order valence-corrected chi connectivity index (χ2v) is 12.5. The summed E-state index contributed by atoms with van der Waals surface area (Å²) in [7, 11) is -4.21. The molecule has 36 heavy (non-hydrogen) atoms. The van der Waals surface area contributed by atoms with Crippen molar-refractivity contribution in [1.82, 2.24) is 14.7 Å². The summed E-state index contributed by atoms with van der Waals surface area (Å²) in [5.41, 5.74) is 3.25. The molecule has 11 heteroatoms. The molecular formula is C25H25N3O4S4. The van der Waals surface area contributed by atoms with E-state index in [0.717, 1.165) is 40.7 Å². The van der Waals surface area contributed by atoms with Crippen molar-refractivity contribution >= 4 is 62.2 Å². The highest BCUT2D eigenvalue weighted by atomic mass is 32.2. The Morgan fingerprint density at radius 3 is 2.53 bits per heavy atom. The van der Waals surface area contributed by atoms with Crippen molar-refractivity contribution in [3.63, 3.8) is 0 Å². The van der Waals surface area contributed by atoms with Crippen LogP contribution in [0.3, 0.4) is 0 Å². The van der Waals surface area contributed by atoms with Gasteiger partial charge < -0.3 is 0 Å². The number of para-hydroxylation sites is 1. The van der Waals surface area contributed by atoms with Crippen LogP contribution in [-0.4, -0.2) is 55.9 Å². The number of benzene rings is 2. The van der Waals surface area contributed by atoms with Crippen LogP contribution in [0.25, 0.3) is 23.0 Å². The number of thiocarbonyl (C=S) groups is 1. The van der Waals surface area contributed by atoms with Gasteiger partial charge in [0.2, 0.25) is 0 Å². The predicted molar refractivity (Wildman–Crippen MR) is 151 cm³/mol. The van der Waals surface area contributed by atoms with Crippen molar-refractivity contribution in [2.45, 2.75) is 24.7 Å². The van der Waals surface area contributed by atoms with Gasteiger partial charge in [0.1, 0.15) is 4.32 Å². The molecule has 1 aromatic heterocycles. The first-order valence-electron chi connectivity index (χ1n) is 11.3. The molecule has 188 valence electrons. The Bertz CT molecular complexity index is 1380. The average Bonchev–Trinajstić information content (AvgIpc) is 3.39. The largest absolute Gasteiger partial charge is 0.292 e. The summed E-state index contributed by atoms with van der Waals surface area (Å²) in [6.07, 6.45) is 5.92. The number of thioether (sulfide) groups is 2. The minimum atomic E-state index is -4.21. The summed E-state index contributed by atoms with van der Waals surface area (Å²) in [5, 5.41) is 4.82. The summed E-state index contributed by atoms with van der Waals surface area (Å²) in [6.45, 7) is 1.98. The van der Waals surface area contributed by atoms with Gasteiger partial charge in [0.15, 0.2) is 0 Å². The van der Waals surface area contributed by atoms with E-state index < -0.39 is 21.8 Å². The molecule has 0 radical (unpaired) electrons. The summed E-state index contributed by atoms with van der Waals surface area (Å²) in [6, 6.07) is 17.9. The molecule has 0 atom stereocenters. The van der Waals surface area contributed by atoms with Crippen LogP contribution in [0, 0.1) is 0 Å². The Labute approximate surface area is 224 Å². The molecule has 3 aromatic rings. The Balaban J connectivity index is 1.67. The van der Waals surface area contributed by atoms with Crippen molar-refractivity contribution in [1.29, 1.82) is 0 Å². The molecule has 1 aliphatic heterocycles. The maximum absolute atomic E-state index is 13.0. The normalized spacial score (nSPS) is 15.3. The zero-order valence-corrected chi connectivity index (χ0v) is 22.8. The highest BCUT2D eigenvalue weighted by molar-refractivity contribution is 8.26. The third kappa shape index (κ3) is 6.65. The number of hydrogen-bond acceptors (Lipinski definition) is 7. The third-order valence-corrected chi connectivity index (χ3v) is 8.57. The maximum Gasteiger partial charge on any atom is 0.266 e. The number of carbonyl (C=O) groups is 1. The molecule has 7 nitrogen and oxygen atoms in total. The van der Waals surface area contributed by atoms with Crippen LogP contribution < -0.4 is 0 Å². The monoisotopic (exact) mass is 559 g/mol. The lowest BCUT2D eigenvalue weighted by atomic mass is 10.1. The number of aromatic nitrogens is 2. The molecule has 2 heterocycles. The molecule has 1 amide bonds. The van der Waals surface area contributed by atoms with Gasteiger partial charge in [0.05, 0.1) is 22.0 Å². The standard InChI is InChI=1S/C25H25N3O4S4/c1-2-3-14-34-21-11-9-18(10-12-21)23-19(17-28(26-23)20-7-5-4-6-8-20)16-22-24(29)27(25(33)35-22)13-15-36(30,31)32/h4-12,16-17H,2-3,13-15H2,1H3,(H,30,31,32)/b22-16-. The van der Waals surface area contributed by atoms with E-state index in [-0.39, 0.29) is 10.9 Å². The fraction of sp³-hybridized carbons (Fsp3) is 0.240. The minimum Gasteiger partial charge on any atom is -0.292 e. The Morgan fingerprint density at radius 2 is 1.86 bits per heavy atom. The molecule has 4 rings (SSSR count). The van der Waals surface area contributed by atoms with Crippen molar-refractivity contribution < 1.29 is 17.8 Å². The number of amides is 1. The van der Waals surface area contributed by atoms with Crippen molar-refractivity contribution in [2.75, 3.05) is 18.1 Å². The van der Waals surface area contributed by atoms with E-state index in [4.69, 9.17) is 21.9 Å². The maximum atomic E-state index is 13.0. The van der Waals surface area contributed by atoms with Gasteiger partial charge in [-0.25, -0.2) is 4.68 Å². The molecule has 1 aliphatic rings. The second kappa shape index (κ2) is 11.7. The van der Waals surface area contributed by atoms with E-state index in [1.807, 2.05) is 60.4 Å². The van der Waals surface area contributed by atoms with Gasteiger partial charge in [0.25, 0.3) is 16.0 Å². The Morgan fingerprint density at radius 1 is 1.14 bits per heavy atom. The fourth-order valence-electron chi connectivity index (χ4n) is 3.51. The van der Waals surface area contributed by atoms with E-state index in [1.54, 1.807) is 10.8 Å². The van der Waals surface area contributed by atoms with E-state index in [1.165, 1.54) is 16.2 Å². The number of hydrogen-bond donors (Lipinski definition) is 1. The van der Waals surface area contributed by atoms with Crippen molar-refractivity contribution in [3.8, 4) is 16.9 Å². The van der Waals surface area contributed by atoms with E-state index in [0.29, 0.717) is 10.6 Å².